The molecular formula is C30H49N4O7+. The van der Waals surface area contributed by atoms with Crippen LogP contribution in [0, 0.1) is 5.92 Å². The average molecular weight is 578 g/mol. The van der Waals surface area contributed by atoms with Crippen LogP contribution in [0.2, 0.25) is 0 Å². The standard InChI is InChI=1S/C30H48N4O7/c1-8-9-12-32(13-10-15-34(4,5)6)27(36)19-33-18-23(22-16-25(39-7)29-26(17-22)40-20-41-29)28(30(37)38)24(33)11-14-31(3)21(2)35/h16-17,23-24,28H,8-15,18-20H2,1-7H3/p+1/t23-,24+,28-/m1/s1. The topological polar surface area (TPSA) is 109 Å². The number of fused-ring (bicyclic) bond motifs is 1. The third-order valence-corrected chi connectivity index (χ3v) is 8.17. The Bertz CT molecular complexity index is 1070. The molecule has 0 aromatic heterocycles. The molecule has 0 aliphatic carbocycles. The number of likely N-dealkylation sites (tertiary alicyclic amines) is 1. The Kier molecular flexibility index (Phi) is 11.3. The highest BCUT2D eigenvalue weighted by Crippen LogP contribution is 2.47. The zero-order valence-electron chi connectivity index (χ0n) is 25.9. The molecule has 3 rings (SSSR count). The average Bonchev–Trinajstić information content (AvgIpc) is 3.52. The summed E-state index contributed by atoms with van der Waals surface area (Å²) in [5, 5.41) is 10.5. The Morgan fingerprint density at radius 3 is 2.44 bits per heavy atom. The van der Waals surface area contributed by atoms with E-state index in [1.54, 1.807) is 19.1 Å². The van der Waals surface area contributed by atoms with Gasteiger partial charge in [0.1, 0.15) is 0 Å². The highest BCUT2D eigenvalue weighted by Gasteiger charge is 2.47. The van der Waals surface area contributed by atoms with Crippen LogP contribution in [0.3, 0.4) is 0 Å². The molecule has 0 unspecified atom stereocenters. The molecular weight excluding hydrogens is 528 g/mol. The predicted octanol–water partition coefficient (Wildman–Crippen LogP) is 2.49. The maximum absolute atomic E-state index is 13.7. The molecule has 11 heteroatoms. The Morgan fingerprint density at radius 2 is 1.83 bits per heavy atom. The summed E-state index contributed by atoms with van der Waals surface area (Å²) in [6.07, 6.45) is 3.23. The molecule has 2 heterocycles. The fraction of sp³-hybridized carbons (Fsp3) is 0.700. The number of carbonyl (C=O) groups excluding carboxylic acids is 2. The Balaban J connectivity index is 1.90. The van der Waals surface area contributed by atoms with Gasteiger partial charge in [-0.05, 0) is 30.5 Å². The summed E-state index contributed by atoms with van der Waals surface area (Å²) in [6.45, 7) is 6.90. The van der Waals surface area contributed by atoms with E-state index in [0.717, 1.165) is 35.9 Å². The van der Waals surface area contributed by atoms with Gasteiger partial charge in [0.2, 0.25) is 24.4 Å². The zero-order chi connectivity index (χ0) is 30.3. The molecule has 0 spiro atoms. The van der Waals surface area contributed by atoms with Crippen molar-refractivity contribution >= 4 is 17.8 Å². The molecule has 1 aromatic carbocycles. The molecule has 1 fully saturated rings. The van der Waals surface area contributed by atoms with Gasteiger partial charge < -0.3 is 33.6 Å². The number of hydrogen-bond donors (Lipinski definition) is 1. The maximum atomic E-state index is 13.7. The van der Waals surface area contributed by atoms with E-state index >= 15 is 0 Å². The summed E-state index contributed by atoms with van der Waals surface area (Å²) in [4.78, 5) is 44.0. The van der Waals surface area contributed by atoms with Crippen molar-refractivity contribution in [3.05, 3.63) is 17.7 Å². The van der Waals surface area contributed by atoms with Crippen LogP contribution in [-0.2, 0) is 14.4 Å². The number of carboxylic acid groups (broad SMARTS) is 1. The molecule has 1 aromatic rings. The minimum absolute atomic E-state index is 0.0119. The normalized spacial score (nSPS) is 20.2. The van der Waals surface area contributed by atoms with Crippen LogP contribution in [0.1, 0.15) is 51.0 Å². The van der Waals surface area contributed by atoms with E-state index in [1.165, 1.54) is 6.92 Å². The first kappa shape index (κ1) is 32.5. The van der Waals surface area contributed by atoms with Crippen LogP contribution >= 0.6 is 0 Å². The second-order valence-corrected chi connectivity index (χ2v) is 12.3. The van der Waals surface area contributed by atoms with Crippen LogP contribution in [0.5, 0.6) is 17.2 Å². The Hall–Kier alpha value is -3.05. The first-order valence-electron chi connectivity index (χ1n) is 14.6. The van der Waals surface area contributed by atoms with Crippen molar-refractivity contribution in [3.8, 4) is 17.2 Å². The fourth-order valence-electron chi connectivity index (χ4n) is 5.76. The number of aliphatic carboxylic acids is 1. The van der Waals surface area contributed by atoms with Gasteiger partial charge in [0, 0.05) is 58.5 Å². The largest absolute Gasteiger partial charge is 0.493 e. The molecule has 1 N–H and O–H groups in total. The smallest absolute Gasteiger partial charge is 0.308 e. The highest BCUT2D eigenvalue weighted by atomic mass is 16.7. The lowest BCUT2D eigenvalue weighted by Gasteiger charge is -2.31. The number of quaternary nitrogens is 1. The molecule has 2 aliphatic rings. The van der Waals surface area contributed by atoms with Crippen LogP contribution in [0.4, 0.5) is 0 Å². The summed E-state index contributed by atoms with van der Waals surface area (Å²) in [5.41, 5.74) is 0.768. The minimum Gasteiger partial charge on any atom is -0.493 e. The number of nitrogens with zero attached hydrogens (tertiary/aromatic N) is 4. The number of benzene rings is 1. The summed E-state index contributed by atoms with van der Waals surface area (Å²) in [5.74, 6) is -0.668. The van der Waals surface area contributed by atoms with Crippen LogP contribution in [0.15, 0.2) is 12.1 Å². The number of ether oxygens (including phenoxy) is 3. The van der Waals surface area contributed by atoms with E-state index < -0.39 is 23.8 Å². The second kappa shape index (κ2) is 14.2. The van der Waals surface area contributed by atoms with E-state index in [2.05, 4.69) is 28.1 Å². The predicted molar refractivity (Wildman–Crippen MR) is 155 cm³/mol. The SMILES string of the molecule is CCCCN(CCC[N+](C)(C)C)C(=O)CN1C[C@H](c2cc(OC)c3c(c2)OCO3)[C@@H](C(=O)O)[C@@H]1CCN(C)C(C)=O. The Labute approximate surface area is 244 Å². The van der Waals surface area contributed by atoms with Crippen LogP contribution < -0.4 is 14.2 Å². The lowest BCUT2D eigenvalue weighted by molar-refractivity contribution is -0.870. The van der Waals surface area contributed by atoms with Crippen LogP contribution in [-0.4, -0.2) is 129 Å². The van der Waals surface area contributed by atoms with Gasteiger partial charge in [-0.15, -0.1) is 0 Å². The lowest BCUT2D eigenvalue weighted by atomic mass is 9.84. The number of methoxy groups -OCH3 is 1. The van der Waals surface area contributed by atoms with E-state index in [9.17, 15) is 19.5 Å². The molecule has 0 saturated carbocycles. The van der Waals surface area contributed by atoms with Crippen molar-refractivity contribution < 1.29 is 38.2 Å². The van der Waals surface area contributed by atoms with E-state index in [1.807, 2.05) is 21.9 Å². The number of amides is 2. The van der Waals surface area contributed by atoms with Gasteiger partial charge >= 0.3 is 5.97 Å². The second-order valence-electron chi connectivity index (χ2n) is 12.3. The van der Waals surface area contributed by atoms with E-state index in [-0.39, 0.29) is 25.2 Å². The molecule has 0 radical (unpaired) electrons. The maximum Gasteiger partial charge on any atom is 0.308 e. The van der Waals surface area contributed by atoms with Gasteiger partial charge in [0.15, 0.2) is 11.5 Å². The third kappa shape index (κ3) is 8.48. The lowest BCUT2D eigenvalue weighted by Crippen LogP contribution is -2.46. The van der Waals surface area contributed by atoms with Crippen molar-refractivity contribution in [2.45, 2.75) is 51.5 Å². The zero-order valence-corrected chi connectivity index (χ0v) is 25.9. The first-order chi connectivity index (χ1) is 19.4. The Morgan fingerprint density at radius 1 is 1.12 bits per heavy atom. The molecule has 230 valence electrons. The number of carboxylic acids is 1. The summed E-state index contributed by atoms with van der Waals surface area (Å²) in [6, 6.07) is 3.21. The van der Waals surface area contributed by atoms with Gasteiger partial charge in [-0.3, -0.25) is 19.3 Å². The number of carbonyl (C=O) groups is 3. The monoisotopic (exact) mass is 577 g/mol. The number of rotatable bonds is 15. The molecule has 0 bridgehead atoms. The number of hydrogen-bond acceptors (Lipinski definition) is 7. The number of unbranched alkanes of at least 4 members (excludes halogenated alkanes) is 1. The van der Waals surface area contributed by atoms with Gasteiger partial charge in [0.05, 0.1) is 47.3 Å². The molecule has 2 amide bonds. The van der Waals surface area contributed by atoms with Crippen molar-refractivity contribution in [2.24, 2.45) is 5.92 Å². The molecule has 41 heavy (non-hydrogen) atoms. The van der Waals surface area contributed by atoms with Crippen LogP contribution in [0.25, 0.3) is 0 Å². The van der Waals surface area contributed by atoms with Crippen molar-refractivity contribution in [1.29, 1.82) is 0 Å². The van der Waals surface area contributed by atoms with Gasteiger partial charge in [-0.1, -0.05) is 13.3 Å². The van der Waals surface area contributed by atoms with Crippen molar-refractivity contribution in [1.82, 2.24) is 14.7 Å². The quantitative estimate of drug-likeness (QED) is 0.317. The van der Waals surface area contributed by atoms with Gasteiger partial charge in [-0.2, -0.15) is 0 Å². The summed E-state index contributed by atoms with van der Waals surface area (Å²) >= 11 is 0. The molecule has 1 saturated heterocycles. The van der Waals surface area contributed by atoms with Gasteiger partial charge in [-0.25, -0.2) is 0 Å². The summed E-state index contributed by atoms with van der Waals surface area (Å²) < 4.78 is 17.5. The highest BCUT2D eigenvalue weighted by molar-refractivity contribution is 5.79. The molecule has 3 atom stereocenters. The molecule has 2 aliphatic heterocycles. The fourth-order valence-corrected chi connectivity index (χ4v) is 5.76. The molecule has 11 nitrogen and oxygen atoms in total. The van der Waals surface area contributed by atoms with E-state index in [4.69, 9.17) is 14.2 Å². The van der Waals surface area contributed by atoms with Crippen molar-refractivity contribution in [3.63, 3.8) is 0 Å². The van der Waals surface area contributed by atoms with E-state index in [0.29, 0.717) is 49.8 Å². The van der Waals surface area contributed by atoms with Crippen molar-refractivity contribution in [2.75, 3.05) is 81.4 Å². The third-order valence-electron chi connectivity index (χ3n) is 8.17. The summed E-state index contributed by atoms with van der Waals surface area (Å²) in [7, 11) is 9.68. The first-order valence-corrected chi connectivity index (χ1v) is 14.6. The van der Waals surface area contributed by atoms with Gasteiger partial charge in [0.25, 0.3) is 0 Å². The minimum atomic E-state index is -0.928.